The van der Waals surface area contributed by atoms with Gasteiger partial charge in [-0.2, -0.15) is 0 Å². The molecule has 4 nitrogen and oxygen atoms in total. The van der Waals surface area contributed by atoms with Crippen LogP contribution in [0.1, 0.15) is 30.9 Å². The van der Waals surface area contributed by atoms with Gasteiger partial charge in [-0.3, -0.25) is 9.64 Å². The minimum atomic E-state index is -1.83. The third-order valence-corrected chi connectivity index (χ3v) is 4.41. The van der Waals surface area contributed by atoms with Gasteiger partial charge in [-0.1, -0.05) is 0 Å². The van der Waals surface area contributed by atoms with Gasteiger partial charge in [0.2, 0.25) is 5.91 Å². The summed E-state index contributed by atoms with van der Waals surface area (Å²) in [7, 11) is -1.83. The molecule has 1 unspecified atom stereocenters. The van der Waals surface area contributed by atoms with E-state index in [1.165, 1.54) is 6.92 Å². The molecule has 1 aromatic carbocycles. The van der Waals surface area contributed by atoms with E-state index < -0.39 is 14.0 Å². The lowest BCUT2D eigenvalue weighted by Crippen LogP contribution is -2.40. The van der Waals surface area contributed by atoms with Gasteiger partial charge in [0, 0.05) is 12.6 Å². The van der Waals surface area contributed by atoms with Gasteiger partial charge in [0.15, 0.2) is 8.32 Å². The molecule has 0 aromatic heterocycles. The predicted octanol–water partition coefficient (Wildman–Crippen LogP) is 3.90. The Balaban J connectivity index is 2.43. The van der Waals surface area contributed by atoms with E-state index in [0.717, 1.165) is 36.1 Å². The number of carbonyl (C=O) groups excluding carboxylic acids is 1. The zero-order valence-corrected chi connectivity index (χ0v) is 14.1. The maximum absolute atomic E-state index is 11.2. The van der Waals surface area contributed by atoms with Crippen molar-refractivity contribution < 1.29 is 9.22 Å². The van der Waals surface area contributed by atoms with Crippen LogP contribution in [0.2, 0.25) is 19.6 Å². The lowest BCUT2D eigenvalue weighted by Gasteiger charge is -2.33. The monoisotopic (exact) mass is 302 g/mol. The Bertz CT molecular complexity index is 601. The normalized spacial score (nSPS) is 21.3. The minimum absolute atomic E-state index is 0.0828. The molecule has 0 radical (unpaired) electrons. The van der Waals surface area contributed by atoms with Crippen molar-refractivity contribution in [3.05, 3.63) is 40.7 Å². The maximum atomic E-state index is 11.2. The van der Waals surface area contributed by atoms with Crippen LogP contribution in [0.5, 0.6) is 0 Å². The number of carbonyl (C=O) groups is 1. The largest absolute Gasteiger partial charge is 0.355 e. The van der Waals surface area contributed by atoms with E-state index in [0.29, 0.717) is 0 Å². The highest BCUT2D eigenvalue weighted by Crippen LogP contribution is 2.42. The van der Waals surface area contributed by atoms with Gasteiger partial charge >= 0.3 is 5.72 Å². The zero-order chi connectivity index (χ0) is 15.7. The minimum Gasteiger partial charge on any atom is -0.347 e. The Morgan fingerprint density at radius 3 is 2.71 bits per heavy atom. The van der Waals surface area contributed by atoms with Crippen molar-refractivity contribution in [1.29, 1.82) is 0 Å². The third kappa shape index (κ3) is 3.52. The first-order valence-corrected chi connectivity index (χ1v) is 10.7. The Morgan fingerprint density at radius 2 is 2.14 bits per heavy atom. The summed E-state index contributed by atoms with van der Waals surface area (Å²) in [6.45, 7) is 15.5. The number of benzene rings is 1. The molecule has 1 amide bonds. The van der Waals surface area contributed by atoms with E-state index in [1.54, 1.807) is 0 Å². The summed E-state index contributed by atoms with van der Waals surface area (Å²) in [5, 5.41) is 2.80. The molecule has 1 aromatic rings. The number of amides is 1. The second-order valence-corrected chi connectivity index (χ2v) is 10.9. The van der Waals surface area contributed by atoms with E-state index in [2.05, 4.69) is 29.8 Å². The van der Waals surface area contributed by atoms with Gasteiger partial charge in [-0.25, -0.2) is 6.57 Å². The molecule has 5 heteroatoms. The number of nitrogens with one attached hydrogen (secondary N) is 1. The Morgan fingerprint density at radius 1 is 1.43 bits per heavy atom. The average molecular weight is 302 g/mol. The molecule has 1 atom stereocenters. The zero-order valence-electron chi connectivity index (χ0n) is 13.1. The number of fused-ring (bicyclic) bond motifs is 1. The van der Waals surface area contributed by atoms with Crippen molar-refractivity contribution in [2.45, 2.75) is 51.6 Å². The standard InChI is InChI=1S/C16H22N2O2Si/c1-12(19)18-14-8-9-15-13(11-14)7-6-10-16(15,17-2)20-21(3,4)5/h8-9,11H,6-7,10H2,1,3-5H3,(H,18,19). The first-order chi connectivity index (χ1) is 9.76. The number of anilines is 1. The molecule has 112 valence electrons. The fourth-order valence-electron chi connectivity index (χ4n) is 2.87. The lowest BCUT2D eigenvalue weighted by atomic mass is 9.85. The summed E-state index contributed by atoms with van der Waals surface area (Å²) in [5.74, 6) is -0.0828. The molecule has 0 aliphatic heterocycles. The molecule has 0 saturated heterocycles. The van der Waals surface area contributed by atoms with Crippen LogP contribution in [0.4, 0.5) is 5.69 Å². The van der Waals surface area contributed by atoms with Crippen LogP contribution >= 0.6 is 0 Å². The topological polar surface area (TPSA) is 42.7 Å². The smallest absolute Gasteiger partial charge is 0.347 e. The molecule has 0 spiro atoms. The van der Waals surface area contributed by atoms with Crippen molar-refractivity contribution in [2.75, 3.05) is 5.32 Å². The molecule has 1 aliphatic carbocycles. The van der Waals surface area contributed by atoms with Gasteiger partial charge in [0.1, 0.15) is 0 Å². The fourth-order valence-corrected chi connectivity index (χ4v) is 4.14. The van der Waals surface area contributed by atoms with Crippen LogP contribution in [0.25, 0.3) is 4.85 Å². The average Bonchev–Trinajstić information content (AvgIpc) is 2.36. The van der Waals surface area contributed by atoms with Crippen molar-refractivity contribution in [3.63, 3.8) is 0 Å². The van der Waals surface area contributed by atoms with Crippen molar-refractivity contribution in [2.24, 2.45) is 0 Å². The van der Waals surface area contributed by atoms with E-state index in [9.17, 15) is 4.79 Å². The van der Waals surface area contributed by atoms with Crippen LogP contribution < -0.4 is 5.32 Å². The molecular formula is C16H22N2O2Si. The summed E-state index contributed by atoms with van der Waals surface area (Å²) < 4.78 is 6.26. The van der Waals surface area contributed by atoms with Gasteiger partial charge in [0.05, 0.1) is 12.0 Å². The highest BCUT2D eigenvalue weighted by Gasteiger charge is 2.47. The Kier molecular flexibility index (Phi) is 4.22. The molecule has 21 heavy (non-hydrogen) atoms. The molecule has 1 aliphatic rings. The summed E-state index contributed by atoms with van der Waals surface area (Å²) in [4.78, 5) is 15.0. The van der Waals surface area contributed by atoms with Gasteiger partial charge < -0.3 is 9.74 Å². The van der Waals surface area contributed by atoms with Gasteiger partial charge in [-0.15, -0.1) is 0 Å². The fraction of sp³-hybridized carbons (Fsp3) is 0.500. The summed E-state index contributed by atoms with van der Waals surface area (Å²) >= 11 is 0. The first-order valence-electron chi connectivity index (χ1n) is 7.25. The summed E-state index contributed by atoms with van der Waals surface area (Å²) in [6, 6.07) is 5.78. The molecule has 0 bridgehead atoms. The van der Waals surface area contributed by atoms with Crippen LogP contribution in [0, 0.1) is 6.57 Å². The number of rotatable bonds is 3. The molecule has 0 heterocycles. The first kappa shape index (κ1) is 15.7. The lowest BCUT2D eigenvalue weighted by molar-refractivity contribution is -0.114. The van der Waals surface area contributed by atoms with Crippen LogP contribution in [0.15, 0.2) is 18.2 Å². The highest BCUT2D eigenvalue weighted by molar-refractivity contribution is 6.69. The third-order valence-electron chi connectivity index (χ3n) is 3.46. The van der Waals surface area contributed by atoms with Crippen molar-refractivity contribution >= 4 is 19.9 Å². The second-order valence-electron chi connectivity index (χ2n) is 6.52. The second kappa shape index (κ2) is 5.62. The van der Waals surface area contributed by atoms with Crippen LogP contribution in [0.3, 0.4) is 0 Å². The molecule has 0 fully saturated rings. The predicted molar refractivity (Wildman–Crippen MR) is 86.4 cm³/mol. The number of aryl methyl sites for hydroxylation is 1. The Hall–Kier alpha value is -1.64. The molecule has 2 rings (SSSR count). The number of hydrogen-bond acceptors (Lipinski definition) is 2. The van der Waals surface area contributed by atoms with Gasteiger partial charge in [-0.05, 0) is 56.2 Å². The van der Waals surface area contributed by atoms with Crippen LogP contribution in [-0.2, 0) is 21.4 Å². The number of hydrogen-bond donors (Lipinski definition) is 1. The Labute approximate surface area is 127 Å². The van der Waals surface area contributed by atoms with E-state index in [4.69, 9.17) is 11.0 Å². The molecular weight excluding hydrogens is 280 g/mol. The van der Waals surface area contributed by atoms with Crippen molar-refractivity contribution in [1.82, 2.24) is 0 Å². The molecule has 1 N–H and O–H groups in total. The maximum Gasteiger partial charge on any atom is 0.355 e. The van der Waals surface area contributed by atoms with E-state index in [-0.39, 0.29) is 5.91 Å². The highest BCUT2D eigenvalue weighted by atomic mass is 28.4. The molecule has 0 saturated carbocycles. The number of nitrogens with zero attached hydrogens (tertiary/aromatic N) is 1. The van der Waals surface area contributed by atoms with E-state index in [1.807, 2.05) is 18.2 Å². The SMILES string of the molecule is [C-]#[N+]C1(O[Si](C)(C)C)CCCc2cc(NC(C)=O)ccc21. The van der Waals surface area contributed by atoms with Crippen LogP contribution in [-0.4, -0.2) is 14.2 Å². The summed E-state index contributed by atoms with van der Waals surface area (Å²) in [6.07, 6.45) is 2.60. The van der Waals surface area contributed by atoms with Crippen molar-refractivity contribution in [3.8, 4) is 0 Å². The summed E-state index contributed by atoms with van der Waals surface area (Å²) in [5.41, 5.74) is 2.03. The van der Waals surface area contributed by atoms with E-state index >= 15 is 0 Å². The van der Waals surface area contributed by atoms with Gasteiger partial charge in [0.25, 0.3) is 0 Å². The quantitative estimate of drug-likeness (QED) is 0.679.